The highest BCUT2D eigenvalue weighted by Gasteiger charge is 2.32. The van der Waals surface area contributed by atoms with Gasteiger partial charge in [-0.2, -0.15) is 22.1 Å². The van der Waals surface area contributed by atoms with Gasteiger partial charge in [-0.25, -0.2) is 13.6 Å². The number of hydrogen-bond acceptors (Lipinski definition) is 5. The van der Waals surface area contributed by atoms with E-state index >= 15 is 0 Å². The Balaban J connectivity index is 2.11. The summed E-state index contributed by atoms with van der Waals surface area (Å²) in [5, 5.41) is 10.9. The Kier molecular flexibility index (Phi) is 3.42. The second kappa shape index (κ2) is 4.59. The second-order valence-electron chi connectivity index (χ2n) is 3.77. The molecule has 0 radical (unpaired) electrons. The number of hydrogen-bond donors (Lipinski definition) is 2. The van der Waals surface area contributed by atoms with Crippen LogP contribution in [0.3, 0.4) is 0 Å². The van der Waals surface area contributed by atoms with Crippen LogP contribution in [-0.4, -0.2) is 61.8 Å². The van der Waals surface area contributed by atoms with Gasteiger partial charge in [0.05, 0.1) is 6.20 Å². The van der Waals surface area contributed by atoms with Gasteiger partial charge in [0.2, 0.25) is 0 Å². The number of aromatic nitrogens is 2. The number of nitrogens with zero attached hydrogens (tertiary/aromatic N) is 3. The highest BCUT2D eigenvalue weighted by molar-refractivity contribution is 7.89. The van der Waals surface area contributed by atoms with E-state index in [1.54, 1.807) is 0 Å². The maximum atomic E-state index is 12.1. The molecule has 0 saturated carbocycles. The number of aromatic amines is 1. The van der Waals surface area contributed by atoms with Gasteiger partial charge in [-0.05, 0) is 6.07 Å². The molecule has 1 saturated heterocycles. The summed E-state index contributed by atoms with van der Waals surface area (Å²) in [6.07, 6.45) is 1.34. The van der Waals surface area contributed by atoms with Gasteiger partial charge in [-0.1, -0.05) is 0 Å². The molecule has 18 heavy (non-hydrogen) atoms. The minimum atomic E-state index is -3.76. The van der Waals surface area contributed by atoms with Gasteiger partial charge in [-0.15, -0.1) is 0 Å². The first-order valence-corrected chi connectivity index (χ1v) is 8.03. The average molecular weight is 295 g/mol. The molecule has 0 spiro atoms. The highest BCUT2D eigenvalue weighted by Crippen LogP contribution is 2.15. The molecule has 1 aliphatic heterocycles. The molecule has 0 bridgehead atoms. The summed E-state index contributed by atoms with van der Waals surface area (Å²) in [4.78, 5) is 0. The second-order valence-corrected chi connectivity index (χ2v) is 7.22. The van der Waals surface area contributed by atoms with Crippen LogP contribution in [0.4, 0.5) is 0 Å². The molecular formula is C7H13N5O4S2. The predicted octanol–water partition coefficient (Wildman–Crippen LogP) is -2.08. The van der Waals surface area contributed by atoms with E-state index in [1.807, 2.05) is 0 Å². The van der Waals surface area contributed by atoms with E-state index in [9.17, 15) is 16.8 Å². The molecule has 9 nitrogen and oxygen atoms in total. The van der Waals surface area contributed by atoms with Crippen molar-refractivity contribution in [1.82, 2.24) is 18.8 Å². The molecule has 2 rings (SSSR count). The Labute approximate surface area is 105 Å². The minimum absolute atomic E-state index is 0.00782. The lowest BCUT2D eigenvalue weighted by atomic mass is 10.4. The number of piperazine rings is 1. The summed E-state index contributed by atoms with van der Waals surface area (Å²) < 4.78 is 48.5. The van der Waals surface area contributed by atoms with Gasteiger partial charge >= 0.3 is 0 Å². The van der Waals surface area contributed by atoms with Crippen LogP contribution in [0, 0.1) is 0 Å². The molecule has 1 aromatic heterocycles. The van der Waals surface area contributed by atoms with Crippen LogP contribution in [0.5, 0.6) is 0 Å². The standard InChI is InChI=1S/C7H13N5O4S2/c8-18(15,16)12-5-3-11(4-6-12)17(13,14)7-1-2-9-10-7/h1-2H,3-6H2,(H,9,10)(H2,8,15,16). The number of nitrogens with two attached hydrogens (primary N) is 1. The van der Waals surface area contributed by atoms with Gasteiger partial charge in [0.25, 0.3) is 20.2 Å². The summed E-state index contributed by atoms with van der Waals surface area (Å²) in [6.45, 7) is 0.230. The fourth-order valence-corrected chi connectivity index (χ4v) is 3.69. The van der Waals surface area contributed by atoms with E-state index in [0.29, 0.717) is 0 Å². The van der Waals surface area contributed by atoms with Crippen LogP contribution < -0.4 is 5.14 Å². The molecule has 102 valence electrons. The highest BCUT2D eigenvalue weighted by atomic mass is 32.2. The van der Waals surface area contributed by atoms with E-state index in [2.05, 4.69) is 10.2 Å². The molecule has 1 fully saturated rings. The molecule has 0 aliphatic carbocycles. The van der Waals surface area contributed by atoms with E-state index < -0.39 is 20.2 Å². The van der Waals surface area contributed by atoms with E-state index in [4.69, 9.17) is 5.14 Å². The van der Waals surface area contributed by atoms with Crippen molar-refractivity contribution >= 4 is 20.2 Å². The smallest absolute Gasteiger partial charge is 0.266 e. The maximum absolute atomic E-state index is 12.1. The molecular weight excluding hydrogens is 282 g/mol. The summed E-state index contributed by atoms with van der Waals surface area (Å²) in [7, 11) is -7.39. The van der Waals surface area contributed by atoms with Crippen LogP contribution in [0.25, 0.3) is 0 Å². The lowest BCUT2D eigenvalue weighted by molar-refractivity contribution is 0.272. The molecule has 0 amide bonds. The van der Waals surface area contributed by atoms with Gasteiger partial charge in [0.15, 0.2) is 5.03 Å². The van der Waals surface area contributed by atoms with Crippen LogP contribution >= 0.6 is 0 Å². The molecule has 1 aromatic rings. The minimum Gasteiger partial charge on any atom is -0.266 e. The van der Waals surface area contributed by atoms with Crippen LogP contribution in [0.1, 0.15) is 0 Å². The topological polar surface area (TPSA) is 129 Å². The predicted molar refractivity (Wildman–Crippen MR) is 62.0 cm³/mol. The lowest BCUT2D eigenvalue weighted by Gasteiger charge is -2.31. The van der Waals surface area contributed by atoms with Crippen molar-refractivity contribution in [1.29, 1.82) is 0 Å². The van der Waals surface area contributed by atoms with Crippen molar-refractivity contribution in [3.05, 3.63) is 12.3 Å². The van der Waals surface area contributed by atoms with Crippen molar-refractivity contribution < 1.29 is 16.8 Å². The Morgan fingerprint density at radius 3 is 2.11 bits per heavy atom. The monoisotopic (exact) mass is 295 g/mol. The van der Waals surface area contributed by atoms with Crippen molar-refractivity contribution in [3.63, 3.8) is 0 Å². The van der Waals surface area contributed by atoms with Crippen LogP contribution in [0.2, 0.25) is 0 Å². The normalized spacial score (nSPS) is 20.1. The van der Waals surface area contributed by atoms with Gasteiger partial charge in [0, 0.05) is 26.2 Å². The van der Waals surface area contributed by atoms with Crippen molar-refractivity contribution in [3.8, 4) is 0 Å². The first-order valence-electron chi connectivity index (χ1n) is 5.09. The fourth-order valence-electron chi connectivity index (χ4n) is 1.69. The zero-order valence-electron chi connectivity index (χ0n) is 9.35. The Hall–Kier alpha value is -1.01. The van der Waals surface area contributed by atoms with Crippen molar-refractivity contribution in [2.75, 3.05) is 26.2 Å². The Morgan fingerprint density at radius 2 is 1.67 bits per heavy atom. The largest absolute Gasteiger partial charge is 0.276 e. The first kappa shape index (κ1) is 13.4. The number of sulfonamides is 1. The summed E-state index contributed by atoms with van der Waals surface area (Å²) in [6, 6.07) is 1.35. The molecule has 11 heteroatoms. The third-order valence-electron chi connectivity index (χ3n) is 2.65. The van der Waals surface area contributed by atoms with Crippen LogP contribution in [0.15, 0.2) is 17.3 Å². The quantitative estimate of drug-likeness (QED) is 0.661. The zero-order chi connectivity index (χ0) is 13.4. The summed E-state index contributed by atoms with van der Waals surface area (Å²) in [5.74, 6) is 0. The third kappa shape index (κ3) is 2.54. The Morgan fingerprint density at radius 1 is 1.11 bits per heavy atom. The average Bonchev–Trinajstić information content (AvgIpc) is 2.82. The van der Waals surface area contributed by atoms with Crippen LogP contribution in [-0.2, 0) is 20.2 Å². The molecule has 0 unspecified atom stereocenters. The van der Waals surface area contributed by atoms with E-state index in [-0.39, 0.29) is 31.2 Å². The summed E-state index contributed by atoms with van der Waals surface area (Å²) in [5.41, 5.74) is 0. The molecule has 1 aliphatic rings. The van der Waals surface area contributed by atoms with Gasteiger partial charge in [-0.3, -0.25) is 5.10 Å². The number of H-pyrrole nitrogens is 1. The molecule has 3 N–H and O–H groups in total. The SMILES string of the molecule is NS(=O)(=O)N1CCN(S(=O)(=O)c2ccn[nH]2)CC1. The first-order chi connectivity index (χ1) is 8.32. The molecule has 0 atom stereocenters. The third-order valence-corrected chi connectivity index (χ3v) is 5.56. The Bertz CT molecular complexity index is 600. The van der Waals surface area contributed by atoms with E-state index in [0.717, 1.165) is 4.31 Å². The van der Waals surface area contributed by atoms with Gasteiger partial charge in [0.1, 0.15) is 0 Å². The number of rotatable bonds is 3. The number of nitrogens with one attached hydrogen (secondary N) is 1. The zero-order valence-corrected chi connectivity index (χ0v) is 11.0. The molecule has 0 aromatic carbocycles. The lowest BCUT2D eigenvalue weighted by Crippen LogP contribution is -2.52. The summed E-state index contributed by atoms with van der Waals surface area (Å²) >= 11 is 0. The van der Waals surface area contributed by atoms with Gasteiger partial charge < -0.3 is 0 Å². The van der Waals surface area contributed by atoms with Crippen molar-refractivity contribution in [2.45, 2.75) is 5.03 Å². The maximum Gasteiger partial charge on any atom is 0.276 e. The van der Waals surface area contributed by atoms with Crippen molar-refractivity contribution in [2.24, 2.45) is 5.14 Å². The van der Waals surface area contributed by atoms with E-state index in [1.165, 1.54) is 16.6 Å². The molecule has 2 heterocycles. The fraction of sp³-hybridized carbons (Fsp3) is 0.571.